The zero-order valence-corrected chi connectivity index (χ0v) is 9.22. The number of aromatic nitrogens is 1. The van der Waals surface area contributed by atoms with E-state index >= 15 is 0 Å². The van der Waals surface area contributed by atoms with Crippen LogP contribution in [-0.4, -0.2) is 11.2 Å². The number of nitrogens with two attached hydrogens (primary N) is 1. The van der Waals surface area contributed by atoms with Gasteiger partial charge in [-0.05, 0) is 29.3 Å². The van der Waals surface area contributed by atoms with Gasteiger partial charge in [-0.25, -0.2) is 0 Å². The third-order valence-corrected chi connectivity index (χ3v) is 2.10. The first-order valence-electron chi connectivity index (χ1n) is 5.04. The second-order valence-electron chi connectivity index (χ2n) is 3.65. The predicted molar refractivity (Wildman–Crippen MR) is 63.5 cm³/mol. The highest BCUT2D eigenvalue weighted by atomic mass is 14.7. The summed E-state index contributed by atoms with van der Waals surface area (Å²) >= 11 is 0. The third kappa shape index (κ3) is 3.94. The lowest BCUT2D eigenvalue weighted by atomic mass is 10.1. The van der Waals surface area contributed by atoms with Crippen LogP contribution in [0.5, 0.6) is 0 Å². The molecule has 0 aliphatic heterocycles. The molecule has 0 amide bonds. The van der Waals surface area contributed by atoms with Crippen LogP contribution >= 0.6 is 0 Å². The lowest BCUT2D eigenvalue weighted by Gasteiger charge is -2.03. The van der Waals surface area contributed by atoms with Gasteiger partial charge in [-0.15, -0.1) is 0 Å². The van der Waals surface area contributed by atoms with Crippen molar-refractivity contribution in [2.75, 3.05) is 0 Å². The van der Waals surface area contributed by atoms with Crippen LogP contribution < -0.4 is 5.73 Å². The highest BCUT2D eigenvalue weighted by Crippen LogP contribution is 2.05. The first kappa shape index (κ1) is 11.4. The predicted octanol–water partition coefficient (Wildman–Crippen LogP) is 2.15. The molecule has 1 rings (SSSR count). The summed E-state index contributed by atoms with van der Waals surface area (Å²) in [4.78, 5) is 8.35. The summed E-state index contributed by atoms with van der Waals surface area (Å²) in [5, 5.41) is 0. The Morgan fingerprint density at radius 2 is 2.40 bits per heavy atom. The van der Waals surface area contributed by atoms with Crippen LogP contribution in [0.2, 0.25) is 0 Å². The van der Waals surface area contributed by atoms with Gasteiger partial charge in [-0.1, -0.05) is 19.9 Å². The molecule has 3 nitrogen and oxygen atoms in total. The minimum Gasteiger partial charge on any atom is -0.404 e. The molecule has 0 aliphatic carbocycles. The molecule has 2 N–H and O–H groups in total. The van der Waals surface area contributed by atoms with Crippen molar-refractivity contribution in [3.05, 3.63) is 41.9 Å². The van der Waals surface area contributed by atoms with Gasteiger partial charge in [0.05, 0.1) is 6.54 Å². The van der Waals surface area contributed by atoms with Gasteiger partial charge in [-0.3, -0.25) is 9.98 Å². The van der Waals surface area contributed by atoms with Gasteiger partial charge in [0.15, 0.2) is 0 Å². The summed E-state index contributed by atoms with van der Waals surface area (Å²) in [5.41, 5.74) is 7.65. The van der Waals surface area contributed by atoms with E-state index in [1.807, 2.05) is 24.5 Å². The van der Waals surface area contributed by atoms with E-state index in [1.54, 1.807) is 12.4 Å². The number of hydrogen-bond donors (Lipinski definition) is 1. The Balaban J connectivity index is 2.53. The molecule has 0 saturated carbocycles. The van der Waals surface area contributed by atoms with Crippen LogP contribution in [0, 0.1) is 5.92 Å². The average Bonchev–Trinajstić information content (AvgIpc) is 2.25. The fraction of sp³-hybridized carbons (Fsp3) is 0.333. The Morgan fingerprint density at radius 1 is 1.60 bits per heavy atom. The number of nitrogens with zero attached hydrogens (tertiary/aromatic N) is 2. The van der Waals surface area contributed by atoms with Crippen molar-refractivity contribution in [2.24, 2.45) is 16.6 Å². The van der Waals surface area contributed by atoms with Gasteiger partial charge in [0, 0.05) is 18.6 Å². The Labute approximate surface area is 90.8 Å². The molecule has 15 heavy (non-hydrogen) atoms. The monoisotopic (exact) mass is 203 g/mol. The Bertz CT molecular complexity index is 339. The maximum absolute atomic E-state index is 5.49. The molecular weight excluding hydrogens is 186 g/mol. The van der Waals surface area contributed by atoms with Crippen LogP contribution in [-0.2, 0) is 6.54 Å². The maximum atomic E-state index is 5.49. The number of pyridine rings is 1. The van der Waals surface area contributed by atoms with Crippen LogP contribution in [0.1, 0.15) is 19.4 Å². The number of aliphatic imine (C=N–C) groups is 1. The van der Waals surface area contributed by atoms with Crippen LogP contribution in [0.15, 0.2) is 41.3 Å². The second kappa shape index (κ2) is 5.96. The number of hydrogen-bond acceptors (Lipinski definition) is 3. The largest absolute Gasteiger partial charge is 0.404 e. The van der Waals surface area contributed by atoms with E-state index in [9.17, 15) is 0 Å². The summed E-state index contributed by atoms with van der Waals surface area (Å²) in [6.45, 7) is 4.83. The molecule has 0 fully saturated rings. The second-order valence-corrected chi connectivity index (χ2v) is 3.65. The SMILES string of the molecule is CC(C)C(C=NCc1cccnc1)=CN. The zero-order chi connectivity index (χ0) is 11.1. The van der Waals surface area contributed by atoms with Gasteiger partial charge in [0.1, 0.15) is 0 Å². The molecule has 80 valence electrons. The molecule has 1 aromatic heterocycles. The normalized spacial score (nSPS) is 12.6. The molecule has 0 bridgehead atoms. The van der Waals surface area contributed by atoms with Crippen molar-refractivity contribution in [1.82, 2.24) is 4.98 Å². The van der Waals surface area contributed by atoms with Gasteiger partial charge >= 0.3 is 0 Å². The molecule has 0 aliphatic rings. The van der Waals surface area contributed by atoms with E-state index < -0.39 is 0 Å². The highest BCUT2D eigenvalue weighted by molar-refractivity contribution is 5.78. The molecule has 3 heteroatoms. The molecule has 0 atom stereocenters. The van der Waals surface area contributed by atoms with Crippen LogP contribution in [0.4, 0.5) is 0 Å². The quantitative estimate of drug-likeness (QED) is 0.762. The minimum atomic E-state index is 0.410. The smallest absolute Gasteiger partial charge is 0.0654 e. The van der Waals surface area contributed by atoms with Crippen molar-refractivity contribution in [1.29, 1.82) is 0 Å². The molecule has 1 heterocycles. The van der Waals surface area contributed by atoms with Gasteiger partial charge in [0.2, 0.25) is 0 Å². The first-order valence-corrected chi connectivity index (χ1v) is 5.04. The number of rotatable bonds is 4. The lowest BCUT2D eigenvalue weighted by Crippen LogP contribution is -1.99. The van der Waals surface area contributed by atoms with Crippen LogP contribution in [0.3, 0.4) is 0 Å². The summed E-state index contributed by atoms with van der Waals surface area (Å²) in [6, 6.07) is 3.92. The molecule has 1 aromatic rings. The summed E-state index contributed by atoms with van der Waals surface area (Å²) < 4.78 is 0. The lowest BCUT2D eigenvalue weighted by molar-refractivity contribution is 0.802. The minimum absolute atomic E-state index is 0.410. The summed E-state index contributed by atoms with van der Waals surface area (Å²) in [5.74, 6) is 0.410. The Hall–Kier alpha value is -1.64. The fourth-order valence-corrected chi connectivity index (χ4v) is 1.13. The molecule has 0 unspecified atom stereocenters. The van der Waals surface area contributed by atoms with E-state index in [4.69, 9.17) is 5.73 Å². The highest BCUT2D eigenvalue weighted by Gasteiger charge is 1.97. The average molecular weight is 203 g/mol. The van der Waals surface area contributed by atoms with Crippen LogP contribution in [0.25, 0.3) is 0 Å². The Kier molecular flexibility index (Phi) is 4.54. The zero-order valence-electron chi connectivity index (χ0n) is 9.22. The van der Waals surface area contributed by atoms with Gasteiger partial charge in [-0.2, -0.15) is 0 Å². The van der Waals surface area contributed by atoms with Crippen molar-refractivity contribution in [2.45, 2.75) is 20.4 Å². The summed E-state index contributed by atoms with van der Waals surface area (Å²) in [7, 11) is 0. The van der Waals surface area contributed by atoms with Gasteiger partial charge < -0.3 is 5.73 Å². The van der Waals surface area contributed by atoms with Crippen molar-refractivity contribution in [3.8, 4) is 0 Å². The van der Waals surface area contributed by atoms with Gasteiger partial charge in [0.25, 0.3) is 0 Å². The van der Waals surface area contributed by atoms with E-state index in [1.165, 1.54) is 0 Å². The molecular formula is C12H17N3. The topological polar surface area (TPSA) is 51.3 Å². The summed E-state index contributed by atoms with van der Waals surface area (Å²) in [6.07, 6.45) is 7.01. The molecule has 0 spiro atoms. The van der Waals surface area contributed by atoms with Crippen molar-refractivity contribution in [3.63, 3.8) is 0 Å². The molecule has 0 radical (unpaired) electrons. The first-order chi connectivity index (χ1) is 7.24. The molecule has 0 aromatic carbocycles. The van der Waals surface area contributed by atoms with E-state index in [2.05, 4.69) is 23.8 Å². The third-order valence-electron chi connectivity index (χ3n) is 2.10. The van der Waals surface area contributed by atoms with E-state index in [0.717, 1.165) is 11.1 Å². The Morgan fingerprint density at radius 3 is 2.93 bits per heavy atom. The fourth-order valence-electron chi connectivity index (χ4n) is 1.13. The molecule has 0 saturated heterocycles. The number of allylic oxidation sites excluding steroid dienone is 1. The standard InChI is InChI=1S/C12H17N3/c1-10(2)12(6-13)9-15-8-11-4-3-5-14-7-11/h3-7,9-10H,8,13H2,1-2H3. The van der Waals surface area contributed by atoms with Crippen molar-refractivity contribution >= 4 is 6.21 Å². The van der Waals surface area contributed by atoms with E-state index in [0.29, 0.717) is 12.5 Å². The maximum Gasteiger partial charge on any atom is 0.0654 e. The van der Waals surface area contributed by atoms with E-state index in [-0.39, 0.29) is 0 Å². The van der Waals surface area contributed by atoms with Crippen molar-refractivity contribution < 1.29 is 0 Å².